The van der Waals surface area contributed by atoms with E-state index in [-0.39, 0.29) is 172 Å². The van der Waals surface area contributed by atoms with E-state index in [1.807, 2.05) is 167 Å². The molecule has 8 aromatic heterocycles. The molecule has 0 saturated heterocycles. The van der Waals surface area contributed by atoms with Crippen LogP contribution < -0.4 is 42.5 Å². The molecule has 4 atom stereocenters. The molecule has 0 unspecified atom stereocenters. The third kappa shape index (κ3) is 30.2. The van der Waals surface area contributed by atoms with Crippen molar-refractivity contribution in [2.24, 2.45) is 29.1 Å². The van der Waals surface area contributed by atoms with Crippen LogP contribution in [-0.4, -0.2) is 274 Å². The van der Waals surface area contributed by atoms with Gasteiger partial charge in [0.25, 0.3) is 0 Å². The zero-order chi connectivity index (χ0) is 103. The fraction of sp³-hybridized carbons (Fsp3) is 0.575. The number of anilines is 4. The molecule has 38 heteroatoms. The number of hydrogen-bond acceptors (Lipinski definition) is 29. The lowest BCUT2D eigenvalue weighted by atomic mass is 9.92. The standard InChI is InChI=1S/C106H152N20O18/c1-18-41-123-83(55-133-21-4)117-92-96(123)72-33-25-29-37-76(72)113-100(92)107-52-80(68(8)9)110-87(127)59-137-44-48-141-64-106(65-142-49-45-138-60-88(128)111-81(69(10)11)53-108-101-93-97(73-34-26-30-38-77(73)114-101)124(42-19-2)84(118-93)56-134-22-5,66-143-50-46-139-61-89(129)112-82(70(12)13)54-109-102-94-98(74-35-27-31-39-78(74)115-102)125(43-20-3)85(119-94)57-135-23-6)67-144-51-47-140-62-90(130)121-91(71(14)15)104(131)122-103-95-99(75-36-28-32-40-79(75)116-103)126(63-105(16,17)132)86(120-95)58-136-24-7/h25-40,68-71,80-82,91,132H,18-24,41-67H2,1-17H3,(H,107,113)(H,108,114)(H,109,115)(H,110,127)(H,111,128)(H,112,129)(H,121,130)(H,116,122,131)/t80-,81-,82-,91+/m1/s1. The number of pyridine rings is 4. The molecule has 784 valence electrons. The van der Waals surface area contributed by atoms with Gasteiger partial charge in [-0.15, -0.1) is 0 Å². The van der Waals surface area contributed by atoms with Gasteiger partial charge in [-0.25, -0.2) is 39.9 Å². The van der Waals surface area contributed by atoms with Gasteiger partial charge in [-0.1, -0.05) is 149 Å². The maximum Gasteiger partial charge on any atom is 0.248 e. The molecule has 0 aliphatic carbocycles. The molecule has 5 amide bonds. The maximum atomic E-state index is 14.5. The molecule has 144 heavy (non-hydrogen) atoms. The molecule has 8 heterocycles. The summed E-state index contributed by atoms with van der Waals surface area (Å²) < 4.78 is 82.1. The normalized spacial score (nSPS) is 13.1. The SMILES string of the molecule is CCCn1c(COCC)nc2c(NC[C@@H](NC(=O)COCCOCC(COCCOCC(=O)N[C@H](C(=O)Nc3nc4ccccc4c4c3nc(COCC)n4CC(C)(C)O)C(C)C)(COCCOCC(=O)N[C@H](CNc3nc4ccccc4c4c3nc(COCC)n4CCC)C(C)C)COCCOCC(=O)N[C@H](CNc3nc4ccccc4c4c3nc(COCC)n4CCC)C(C)C)C(C)C)nc3ccccc3c21. The molecule has 12 rings (SSSR count). The van der Waals surface area contributed by atoms with E-state index in [2.05, 4.69) is 95.2 Å². The van der Waals surface area contributed by atoms with Gasteiger partial charge in [0, 0.05) is 105 Å². The van der Waals surface area contributed by atoms with Gasteiger partial charge in [-0.05, 0) is 109 Å². The first-order valence-corrected chi connectivity index (χ1v) is 51.1. The second kappa shape index (κ2) is 55.2. The minimum atomic E-state index is -1.15. The van der Waals surface area contributed by atoms with Crippen LogP contribution in [0.3, 0.4) is 0 Å². The third-order valence-corrected chi connectivity index (χ3v) is 24.8. The highest BCUT2D eigenvalue weighted by molar-refractivity contribution is 6.12. The number of ether oxygens (including phenoxy) is 12. The Kier molecular flexibility index (Phi) is 42.7. The van der Waals surface area contributed by atoms with Crippen molar-refractivity contribution in [2.75, 3.05) is 173 Å². The zero-order valence-corrected chi connectivity index (χ0v) is 87.2. The van der Waals surface area contributed by atoms with Crippen LogP contribution in [0.15, 0.2) is 97.1 Å². The Labute approximate surface area is 843 Å². The zero-order valence-electron chi connectivity index (χ0n) is 87.2. The molecular formula is C106H152N20O18. The Morgan fingerprint density at radius 2 is 0.597 bits per heavy atom. The summed E-state index contributed by atoms with van der Waals surface area (Å²) >= 11 is 0. The van der Waals surface area contributed by atoms with Crippen molar-refractivity contribution in [1.29, 1.82) is 0 Å². The number of rotatable bonds is 67. The summed E-state index contributed by atoms with van der Waals surface area (Å²) in [6.45, 7) is 38.6. The largest absolute Gasteiger partial charge is 0.389 e. The predicted molar refractivity (Wildman–Crippen MR) is 559 cm³/mol. The first-order valence-electron chi connectivity index (χ1n) is 51.1. The number of carbonyl (C=O) groups excluding carboxylic acids is 5. The summed E-state index contributed by atoms with van der Waals surface area (Å²) in [4.78, 5) is 111. The Morgan fingerprint density at radius 3 is 0.875 bits per heavy atom. The number of imidazole rings is 4. The summed E-state index contributed by atoms with van der Waals surface area (Å²) in [6, 6.07) is 29.4. The number of aryl methyl sites for hydroxylation is 3. The number of para-hydroxylation sites is 4. The molecule has 12 aromatic rings. The molecule has 0 bridgehead atoms. The highest BCUT2D eigenvalue weighted by Gasteiger charge is 2.35. The van der Waals surface area contributed by atoms with Gasteiger partial charge in [0.2, 0.25) is 29.5 Å². The minimum absolute atomic E-state index is 0.00336. The molecule has 0 radical (unpaired) electrons. The van der Waals surface area contributed by atoms with E-state index in [0.717, 1.165) is 128 Å². The van der Waals surface area contributed by atoms with Crippen LogP contribution in [0.5, 0.6) is 0 Å². The van der Waals surface area contributed by atoms with Gasteiger partial charge in [0.05, 0.1) is 141 Å². The van der Waals surface area contributed by atoms with Gasteiger partial charge < -0.3 is 123 Å². The highest BCUT2D eigenvalue weighted by Crippen LogP contribution is 2.37. The smallest absolute Gasteiger partial charge is 0.248 e. The summed E-state index contributed by atoms with van der Waals surface area (Å²) in [5.41, 5.74) is 6.87. The number of nitrogens with one attached hydrogen (secondary N) is 8. The average Bonchev–Trinajstić information content (AvgIpc) is 1.60. The quantitative estimate of drug-likeness (QED) is 0.0160. The molecular weight excluding hydrogens is 1840 g/mol. The van der Waals surface area contributed by atoms with E-state index in [1.54, 1.807) is 13.8 Å². The van der Waals surface area contributed by atoms with Crippen molar-refractivity contribution in [3.8, 4) is 0 Å². The van der Waals surface area contributed by atoms with E-state index >= 15 is 0 Å². The van der Waals surface area contributed by atoms with Crippen molar-refractivity contribution in [3.63, 3.8) is 0 Å². The van der Waals surface area contributed by atoms with Crippen molar-refractivity contribution in [1.82, 2.24) is 79.4 Å². The van der Waals surface area contributed by atoms with E-state index in [4.69, 9.17) is 96.7 Å². The Morgan fingerprint density at radius 1 is 0.333 bits per heavy atom. The number of benzene rings is 4. The number of aromatic nitrogens is 12. The molecule has 0 saturated carbocycles. The van der Waals surface area contributed by atoms with E-state index in [9.17, 15) is 29.1 Å². The van der Waals surface area contributed by atoms with Crippen LogP contribution in [-0.2, 0) is 133 Å². The van der Waals surface area contributed by atoms with Gasteiger partial charge >= 0.3 is 0 Å². The molecule has 4 aromatic carbocycles. The van der Waals surface area contributed by atoms with Crippen molar-refractivity contribution < 1.29 is 85.9 Å². The Bertz CT molecular complexity index is 5750. The van der Waals surface area contributed by atoms with Crippen LogP contribution in [0.4, 0.5) is 23.3 Å². The lowest BCUT2D eigenvalue weighted by molar-refractivity contribution is -0.134. The minimum Gasteiger partial charge on any atom is -0.389 e. The number of amides is 5. The molecule has 0 spiro atoms. The Balaban J connectivity index is 0.723. The van der Waals surface area contributed by atoms with Crippen LogP contribution >= 0.6 is 0 Å². The van der Waals surface area contributed by atoms with Crippen molar-refractivity contribution in [2.45, 2.75) is 219 Å². The fourth-order valence-electron chi connectivity index (χ4n) is 17.4. The number of carbonyl (C=O) groups is 5. The summed E-state index contributed by atoms with van der Waals surface area (Å²) in [5, 5.41) is 40.9. The van der Waals surface area contributed by atoms with Gasteiger partial charge in [0.1, 0.15) is 104 Å². The lowest BCUT2D eigenvalue weighted by Crippen LogP contribution is -2.48. The molecule has 0 aliphatic heterocycles. The van der Waals surface area contributed by atoms with E-state index in [1.165, 1.54) is 0 Å². The summed E-state index contributed by atoms with van der Waals surface area (Å²) in [7, 11) is 0. The van der Waals surface area contributed by atoms with Gasteiger partial charge in [-0.3, -0.25) is 24.0 Å². The van der Waals surface area contributed by atoms with E-state index < -0.39 is 41.4 Å². The molecule has 9 N–H and O–H groups in total. The second-order valence-corrected chi connectivity index (χ2v) is 38.3. The van der Waals surface area contributed by atoms with Crippen LogP contribution in [0.1, 0.15) is 160 Å². The van der Waals surface area contributed by atoms with Crippen molar-refractivity contribution in [3.05, 3.63) is 120 Å². The molecule has 38 nitrogen and oxygen atoms in total. The lowest BCUT2D eigenvalue weighted by Gasteiger charge is -2.33. The maximum absolute atomic E-state index is 14.5. The fourth-order valence-corrected chi connectivity index (χ4v) is 17.4. The number of aliphatic hydroxyl groups is 1. The van der Waals surface area contributed by atoms with Gasteiger partial charge in [-0.2, -0.15) is 0 Å². The van der Waals surface area contributed by atoms with Crippen LogP contribution in [0.25, 0.3) is 87.7 Å². The Hall–Kier alpha value is -11.4. The third-order valence-electron chi connectivity index (χ3n) is 24.8. The first kappa shape index (κ1) is 111. The van der Waals surface area contributed by atoms with Crippen molar-refractivity contribution >= 4 is 141 Å². The predicted octanol–water partition coefficient (Wildman–Crippen LogP) is 13.4. The van der Waals surface area contributed by atoms with Crippen LogP contribution in [0.2, 0.25) is 0 Å². The summed E-state index contributed by atoms with van der Waals surface area (Å²) in [6.07, 6.45) is 2.67. The highest BCUT2D eigenvalue weighted by atomic mass is 16.6. The first-order chi connectivity index (χ1) is 69.6. The second-order valence-electron chi connectivity index (χ2n) is 38.3. The number of nitrogens with zero attached hydrogens (tertiary/aromatic N) is 12. The van der Waals surface area contributed by atoms with Crippen LogP contribution in [0, 0.1) is 29.1 Å². The molecule has 0 aliphatic rings. The van der Waals surface area contributed by atoms with Gasteiger partial charge in [0.15, 0.2) is 23.3 Å². The van der Waals surface area contributed by atoms with E-state index in [0.29, 0.717) is 106 Å². The number of fused-ring (bicyclic) bond motifs is 12. The molecule has 0 fully saturated rings. The monoisotopic (exact) mass is 1990 g/mol. The topological polar surface area (TPSA) is 435 Å². The number of hydrogen-bond donors (Lipinski definition) is 9. The summed E-state index contributed by atoms with van der Waals surface area (Å²) in [5.74, 6) is 2.42. The average molecular weight is 1990 g/mol.